The van der Waals surface area contributed by atoms with E-state index < -0.39 is 5.97 Å². The zero-order valence-corrected chi connectivity index (χ0v) is 19.2. The molecule has 0 amide bonds. The van der Waals surface area contributed by atoms with E-state index in [0.29, 0.717) is 32.6 Å². The normalized spacial score (nSPS) is 11.8. The fourth-order valence-electron chi connectivity index (χ4n) is 3.11. The van der Waals surface area contributed by atoms with Crippen LogP contribution in [0, 0.1) is 0 Å². The van der Waals surface area contributed by atoms with Crippen molar-refractivity contribution in [2.24, 2.45) is 0 Å². The van der Waals surface area contributed by atoms with Gasteiger partial charge in [0, 0.05) is 16.1 Å². The molecule has 0 saturated carbocycles. The van der Waals surface area contributed by atoms with Gasteiger partial charge in [-0.15, -0.1) is 5.10 Å². The Kier molecular flexibility index (Phi) is 5.53. The highest BCUT2D eigenvalue weighted by Gasteiger charge is 2.12. The monoisotopic (exact) mass is 523 g/mol. The first-order valence-corrected chi connectivity index (χ1v) is 11.3. The lowest BCUT2D eigenvalue weighted by Crippen LogP contribution is -2.23. The van der Waals surface area contributed by atoms with Gasteiger partial charge in [-0.3, -0.25) is 4.79 Å². The number of thiazole rings is 1. The number of aromatic carboxylic acids is 1. The van der Waals surface area contributed by atoms with E-state index in [-0.39, 0.29) is 17.7 Å². The van der Waals surface area contributed by atoms with Crippen LogP contribution < -0.4 is 14.8 Å². The summed E-state index contributed by atoms with van der Waals surface area (Å²) in [5, 5.41) is 13.3. The van der Waals surface area contributed by atoms with Gasteiger partial charge >= 0.3 is 5.97 Å². The summed E-state index contributed by atoms with van der Waals surface area (Å²) < 4.78 is 14.1. The second-order valence-electron chi connectivity index (χ2n) is 6.97. The highest BCUT2D eigenvalue weighted by molar-refractivity contribution is 9.10. The molecule has 33 heavy (non-hydrogen) atoms. The van der Waals surface area contributed by atoms with Gasteiger partial charge in [0.05, 0.1) is 5.56 Å². The summed E-state index contributed by atoms with van der Waals surface area (Å²) in [5.41, 5.74) is 0.644. The predicted molar refractivity (Wildman–Crippen MR) is 125 cm³/mol. The van der Waals surface area contributed by atoms with Crippen molar-refractivity contribution in [2.45, 2.75) is 6.61 Å². The topological polar surface area (TPSA) is 107 Å². The van der Waals surface area contributed by atoms with Gasteiger partial charge in [-0.25, -0.2) is 4.79 Å². The first-order chi connectivity index (χ1) is 16.0. The maximum absolute atomic E-state index is 12.7. The number of halogens is 1. The SMILES string of the molecule is O=C(O)c1ccc(-c2ccc(C=c3sc4nc(COc5ccc(Br)cc5)nn4c3=O)o2)cc1. The molecule has 5 aromatic rings. The van der Waals surface area contributed by atoms with Crippen LogP contribution in [-0.2, 0) is 6.61 Å². The summed E-state index contributed by atoms with van der Waals surface area (Å²) in [6.07, 6.45) is 1.64. The van der Waals surface area contributed by atoms with Crippen molar-refractivity contribution in [3.63, 3.8) is 0 Å². The molecule has 0 unspecified atom stereocenters. The summed E-state index contributed by atoms with van der Waals surface area (Å²) in [5.74, 6) is 1.17. The largest absolute Gasteiger partial charge is 0.486 e. The number of benzene rings is 2. The van der Waals surface area contributed by atoms with E-state index in [2.05, 4.69) is 26.0 Å². The van der Waals surface area contributed by atoms with E-state index in [9.17, 15) is 9.59 Å². The summed E-state index contributed by atoms with van der Waals surface area (Å²) >= 11 is 4.58. The van der Waals surface area contributed by atoms with Crippen LogP contribution in [0.25, 0.3) is 22.4 Å². The first-order valence-electron chi connectivity index (χ1n) is 9.68. The number of furan rings is 1. The van der Waals surface area contributed by atoms with E-state index in [1.165, 1.54) is 28.0 Å². The number of fused-ring (bicyclic) bond motifs is 1. The molecule has 0 aliphatic carbocycles. The second kappa shape index (κ2) is 8.64. The second-order valence-corrected chi connectivity index (χ2v) is 8.89. The lowest BCUT2D eigenvalue weighted by Gasteiger charge is -2.02. The Morgan fingerprint density at radius 3 is 2.58 bits per heavy atom. The number of hydrogen-bond acceptors (Lipinski definition) is 7. The van der Waals surface area contributed by atoms with Crippen LogP contribution in [0.1, 0.15) is 21.9 Å². The summed E-state index contributed by atoms with van der Waals surface area (Å²) in [7, 11) is 0. The average molecular weight is 524 g/mol. The van der Waals surface area contributed by atoms with Crippen molar-refractivity contribution in [1.29, 1.82) is 0 Å². The van der Waals surface area contributed by atoms with Gasteiger partial charge in [-0.1, -0.05) is 39.4 Å². The molecule has 1 N–H and O–H groups in total. The Bertz CT molecular complexity index is 1570. The molecule has 3 heterocycles. The average Bonchev–Trinajstić information content (AvgIpc) is 3.51. The summed E-state index contributed by atoms with van der Waals surface area (Å²) in [6, 6.07) is 17.3. The summed E-state index contributed by atoms with van der Waals surface area (Å²) in [6.45, 7) is 0.150. The van der Waals surface area contributed by atoms with Crippen molar-refractivity contribution in [3.8, 4) is 17.1 Å². The van der Waals surface area contributed by atoms with E-state index in [1.807, 2.05) is 24.3 Å². The molecule has 0 aliphatic rings. The minimum Gasteiger partial charge on any atom is -0.486 e. The maximum atomic E-state index is 12.7. The van der Waals surface area contributed by atoms with Gasteiger partial charge in [0.2, 0.25) is 4.96 Å². The molecule has 0 spiro atoms. The minimum atomic E-state index is -0.989. The molecule has 0 aliphatic heterocycles. The molecular formula is C23H14BrN3O5S. The first kappa shape index (κ1) is 21.1. The Morgan fingerprint density at radius 2 is 1.88 bits per heavy atom. The van der Waals surface area contributed by atoms with Gasteiger partial charge in [0.1, 0.15) is 28.4 Å². The zero-order valence-electron chi connectivity index (χ0n) is 16.8. The molecule has 5 rings (SSSR count). The van der Waals surface area contributed by atoms with Crippen LogP contribution in [0.15, 0.2) is 74.3 Å². The van der Waals surface area contributed by atoms with Crippen LogP contribution in [0.3, 0.4) is 0 Å². The van der Waals surface area contributed by atoms with Crippen molar-refractivity contribution in [3.05, 3.63) is 97.2 Å². The molecule has 164 valence electrons. The van der Waals surface area contributed by atoms with Gasteiger partial charge in [-0.05, 0) is 48.5 Å². The molecule has 0 fully saturated rings. The number of carbonyl (C=O) groups is 1. The highest BCUT2D eigenvalue weighted by Crippen LogP contribution is 2.23. The molecule has 0 bridgehead atoms. The Morgan fingerprint density at radius 1 is 1.12 bits per heavy atom. The van der Waals surface area contributed by atoms with Gasteiger partial charge in [0.15, 0.2) is 5.82 Å². The molecule has 8 nitrogen and oxygen atoms in total. The molecule has 0 atom stereocenters. The van der Waals surface area contributed by atoms with Crippen LogP contribution in [0.4, 0.5) is 0 Å². The molecule has 0 radical (unpaired) electrons. The van der Waals surface area contributed by atoms with E-state index in [1.54, 1.807) is 30.3 Å². The molecule has 0 saturated heterocycles. The Hall–Kier alpha value is -3.76. The highest BCUT2D eigenvalue weighted by atomic mass is 79.9. The number of ether oxygens (including phenoxy) is 1. The lowest BCUT2D eigenvalue weighted by molar-refractivity contribution is 0.0697. The quantitative estimate of drug-likeness (QED) is 0.358. The fraction of sp³-hybridized carbons (Fsp3) is 0.0435. The zero-order chi connectivity index (χ0) is 22.9. The van der Waals surface area contributed by atoms with Crippen molar-refractivity contribution < 1.29 is 19.1 Å². The summed E-state index contributed by atoms with van der Waals surface area (Å²) in [4.78, 5) is 28.6. The van der Waals surface area contributed by atoms with Gasteiger partial charge in [-0.2, -0.15) is 9.50 Å². The van der Waals surface area contributed by atoms with E-state index in [4.69, 9.17) is 14.3 Å². The van der Waals surface area contributed by atoms with Crippen LogP contribution >= 0.6 is 27.3 Å². The number of carboxylic acid groups (broad SMARTS) is 1. The third-order valence-corrected chi connectivity index (χ3v) is 6.21. The lowest BCUT2D eigenvalue weighted by atomic mass is 10.1. The molecular weight excluding hydrogens is 510 g/mol. The number of hydrogen-bond donors (Lipinski definition) is 1. The number of nitrogens with zero attached hydrogens (tertiary/aromatic N) is 3. The Balaban J connectivity index is 1.35. The van der Waals surface area contributed by atoms with Crippen molar-refractivity contribution >= 4 is 44.3 Å². The molecule has 2 aromatic carbocycles. The maximum Gasteiger partial charge on any atom is 0.335 e. The number of aromatic nitrogens is 3. The van der Waals surface area contributed by atoms with Crippen molar-refractivity contribution in [2.75, 3.05) is 0 Å². The standard InChI is InChI=1S/C23H14BrN3O5S/c24-15-5-7-16(8-6-15)31-12-20-25-23-27(26-20)21(28)19(33-23)11-17-9-10-18(32-17)13-1-3-14(4-2-13)22(29)30/h1-11H,12H2,(H,29,30). The van der Waals surface area contributed by atoms with Crippen LogP contribution in [0.5, 0.6) is 5.75 Å². The molecule has 10 heteroatoms. The van der Waals surface area contributed by atoms with Gasteiger partial charge < -0.3 is 14.3 Å². The number of carboxylic acids is 1. The third-order valence-electron chi connectivity index (χ3n) is 4.72. The Labute approximate surface area is 198 Å². The molecule has 3 aromatic heterocycles. The predicted octanol–water partition coefficient (Wildman–Crippen LogP) is 4.00. The van der Waals surface area contributed by atoms with E-state index >= 15 is 0 Å². The van der Waals surface area contributed by atoms with Crippen LogP contribution in [-0.4, -0.2) is 25.7 Å². The minimum absolute atomic E-state index is 0.150. The number of rotatable bonds is 6. The van der Waals surface area contributed by atoms with Gasteiger partial charge in [0.25, 0.3) is 5.56 Å². The van der Waals surface area contributed by atoms with Crippen molar-refractivity contribution in [1.82, 2.24) is 14.6 Å². The smallest absolute Gasteiger partial charge is 0.335 e. The third kappa shape index (κ3) is 4.43. The van der Waals surface area contributed by atoms with Crippen LogP contribution in [0.2, 0.25) is 0 Å². The fourth-order valence-corrected chi connectivity index (χ4v) is 4.28. The van der Waals surface area contributed by atoms with E-state index in [0.717, 1.165) is 10.0 Å².